The van der Waals surface area contributed by atoms with Gasteiger partial charge in [-0.2, -0.15) is 0 Å². The van der Waals surface area contributed by atoms with E-state index < -0.39 is 0 Å². The van der Waals surface area contributed by atoms with Gasteiger partial charge >= 0.3 is 0 Å². The van der Waals surface area contributed by atoms with Gasteiger partial charge < -0.3 is 9.88 Å². The summed E-state index contributed by atoms with van der Waals surface area (Å²) in [6.07, 6.45) is 11.6. The van der Waals surface area contributed by atoms with Gasteiger partial charge in [-0.1, -0.05) is 58.7 Å². The van der Waals surface area contributed by atoms with E-state index in [4.69, 9.17) is 11.6 Å². The minimum atomic E-state index is -0.111. The second-order valence-corrected chi connectivity index (χ2v) is 8.90. The zero-order valence-corrected chi connectivity index (χ0v) is 18.2. The molecule has 1 atom stereocenters. The van der Waals surface area contributed by atoms with Gasteiger partial charge in [-0.05, 0) is 44.8 Å². The fourth-order valence-corrected chi connectivity index (χ4v) is 3.69. The molecule has 27 heavy (non-hydrogen) atoms. The van der Waals surface area contributed by atoms with Crippen molar-refractivity contribution in [3.05, 3.63) is 63.3 Å². The molecule has 0 amide bonds. The van der Waals surface area contributed by atoms with E-state index >= 15 is 0 Å². The molecule has 1 aliphatic carbocycles. The molecule has 3 rings (SSSR count). The number of hydrogen-bond donors (Lipinski definition) is 1. The minimum absolute atomic E-state index is 0.111. The van der Waals surface area contributed by atoms with Gasteiger partial charge in [-0.3, -0.25) is 4.79 Å². The number of nitrogens with one attached hydrogen (secondary N) is 1. The van der Waals surface area contributed by atoms with Crippen molar-refractivity contribution in [2.24, 2.45) is 5.41 Å². The van der Waals surface area contributed by atoms with E-state index in [2.05, 4.69) is 40.0 Å². The lowest BCUT2D eigenvalue weighted by molar-refractivity contribution is 0.0974. The highest BCUT2D eigenvalue weighted by Gasteiger charge is 2.21. The number of nitrogens with zero attached hydrogens (tertiary/aromatic N) is 1. The quantitative estimate of drug-likeness (QED) is 0.538. The predicted molar refractivity (Wildman–Crippen MR) is 118 cm³/mol. The maximum absolute atomic E-state index is 13.0. The second kappa shape index (κ2) is 8.17. The number of aromatic amines is 1. The zero-order valence-electron chi connectivity index (χ0n) is 15.9. The molecule has 0 bridgehead atoms. The number of rotatable bonds is 6. The van der Waals surface area contributed by atoms with Crippen LogP contribution in [0.25, 0.3) is 17.0 Å². The van der Waals surface area contributed by atoms with Crippen LogP contribution in [-0.4, -0.2) is 36.3 Å². The molecule has 1 aromatic carbocycles. The molecule has 0 radical (unpaired) electrons. The predicted octanol–water partition coefficient (Wildman–Crippen LogP) is 6.17. The number of hydrogen-bond acceptors (Lipinski definition) is 2. The topological polar surface area (TPSA) is 36.1 Å². The molecule has 0 spiro atoms. The Morgan fingerprint density at radius 2 is 2.19 bits per heavy atom. The first kappa shape index (κ1) is 20.1. The van der Waals surface area contributed by atoms with Gasteiger partial charge in [0.15, 0.2) is 5.78 Å². The van der Waals surface area contributed by atoms with Gasteiger partial charge in [0.25, 0.3) is 0 Å². The van der Waals surface area contributed by atoms with Crippen molar-refractivity contribution in [2.45, 2.75) is 19.8 Å². The van der Waals surface area contributed by atoms with Crippen LogP contribution in [0.1, 0.15) is 35.8 Å². The standard InChI is InChI=1S/C22H24BrClN2O/c1-22(10-6-16(24)7-11-22)12-8-18-21(20(27)9-13-26(2)3)17-5-4-15(23)14-19(17)25-18/h4-8,10,12,14,25H,9,11,13H2,1-3H3/b12-8+. The molecule has 0 saturated carbocycles. The number of ketones is 1. The Morgan fingerprint density at radius 1 is 1.41 bits per heavy atom. The molecule has 1 unspecified atom stereocenters. The summed E-state index contributed by atoms with van der Waals surface area (Å²) in [7, 11) is 3.96. The number of carbonyl (C=O) groups is 1. The number of H-pyrrole nitrogens is 1. The van der Waals surface area contributed by atoms with Crippen molar-refractivity contribution < 1.29 is 4.79 Å². The van der Waals surface area contributed by atoms with Crippen molar-refractivity contribution in [3.8, 4) is 0 Å². The van der Waals surface area contributed by atoms with Crippen molar-refractivity contribution in [2.75, 3.05) is 20.6 Å². The summed E-state index contributed by atoms with van der Waals surface area (Å²) >= 11 is 9.56. The lowest BCUT2D eigenvalue weighted by Crippen LogP contribution is -2.17. The number of halogens is 2. The Labute approximate surface area is 173 Å². The summed E-state index contributed by atoms with van der Waals surface area (Å²) < 4.78 is 0.987. The lowest BCUT2D eigenvalue weighted by atomic mass is 9.83. The lowest BCUT2D eigenvalue weighted by Gasteiger charge is -2.23. The van der Waals surface area contributed by atoms with E-state index in [0.717, 1.165) is 44.6 Å². The zero-order chi connectivity index (χ0) is 19.6. The van der Waals surface area contributed by atoms with Crippen LogP contribution < -0.4 is 0 Å². The largest absolute Gasteiger partial charge is 0.354 e. The monoisotopic (exact) mass is 446 g/mol. The van der Waals surface area contributed by atoms with Crippen molar-refractivity contribution in [1.29, 1.82) is 0 Å². The molecular weight excluding hydrogens is 424 g/mol. The van der Waals surface area contributed by atoms with Crippen molar-refractivity contribution in [3.63, 3.8) is 0 Å². The van der Waals surface area contributed by atoms with Gasteiger partial charge in [0, 0.05) is 44.5 Å². The molecule has 0 saturated heterocycles. The number of benzene rings is 1. The van der Waals surface area contributed by atoms with E-state index in [1.807, 2.05) is 55.4 Å². The Kier molecular flexibility index (Phi) is 6.09. The number of aromatic nitrogens is 1. The van der Waals surface area contributed by atoms with Gasteiger partial charge in [-0.25, -0.2) is 0 Å². The summed E-state index contributed by atoms with van der Waals surface area (Å²) in [5.74, 6) is 0.157. The Balaban J connectivity index is 1.98. The molecule has 1 aromatic heterocycles. The smallest absolute Gasteiger partial charge is 0.166 e. The van der Waals surface area contributed by atoms with Crippen LogP contribution >= 0.6 is 27.5 Å². The van der Waals surface area contributed by atoms with E-state index in [1.54, 1.807) is 0 Å². The molecule has 2 aromatic rings. The van der Waals surface area contributed by atoms with Gasteiger partial charge in [0.1, 0.15) is 0 Å². The highest BCUT2D eigenvalue weighted by Crippen LogP contribution is 2.34. The average Bonchev–Trinajstić information content (AvgIpc) is 2.98. The van der Waals surface area contributed by atoms with E-state index in [1.165, 1.54) is 0 Å². The number of Topliss-reactive ketones (excluding diaryl/α,β-unsaturated/α-hetero) is 1. The molecule has 1 N–H and O–H groups in total. The van der Waals surface area contributed by atoms with Crippen LogP contribution in [0.15, 0.2) is 52.0 Å². The molecular formula is C22H24BrClN2O. The normalized spacial score (nSPS) is 20.0. The summed E-state index contributed by atoms with van der Waals surface area (Å²) in [6.45, 7) is 2.89. The highest BCUT2D eigenvalue weighted by molar-refractivity contribution is 9.10. The fraction of sp³-hybridized carbons (Fsp3) is 0.318. The van der Waals surface area contributed by atoms with E-state index in [-0.39, 0.29) is 11.2 Å². The molecule has 5 heteroatoms. The maximum atomic E-state index is 13.0. The van der Waals surface area contributed by atoms with Crippen LogP contribution in [0.4, 0.5) is 0 Å². The molecule has 3 nitrogen and oxygen atoms in total. The Bertz CT molecular complexity index is 955. The highest BCUT2D eigenvalue weighted by atomic mass is 79.9. The Morgan fingerprint density at radius 3 is 2.85 bits per heavy atom. The van der Waals surface area contributed by atoms with Crippen LogP contribution in [0.3, 0.4) is 0 Å². The molecule has 142 valence electrons. The van der Waals surface area contributed by atoms with Gasteiger partial charge in [0.2, 0.25) is 0 Å². The first-order chi connectivity index (χ1) is 12.8. The van der Waals surface area contributed by atoms with Gasteiger partial charge in [0.05, 0.1) is 5.56 Å². The third kappa shape index (κ3) is 4.81. The fourth-order valence-electron chi connectivity index (χ4n) is 3.19. The maximum Gasteiger partial charge on any atom is 0.166 e. The Hall–Kier alpha value is -1.62. The minimum Gasteiger partial charge on any atom is -0.354 e. The van der Waals surface area contributed by atoms with Crippen molar-refractivity contribution >= 4 is 50.3 Å². The van der Waals surface area contributed by atoms with Gasteiger partial charge in [-0.15, -0.1) is 0 Å². The van der Waals surface area contributed by atoms with E-state index in [0.29, 0.717) is 6.42 Å². The first-order valence-electron chi connectivity index (χ1n) is 9.01. The molecule has 0 aliphatic heterocycles. The van der Waals surface area contributed by atoms with Crippen molar-refractivity contribution in [1.82, 2.24) is 9.88 Å². The summed E-state index contributed by atoms with van der Waals surface area (Å²) in [4.78, 5) is 18.4. The van der Waals surface area contributed by atoms with Crippen LogP contribution in [-0.2, 0) is 0 Å². The third-order valence-corrected chi connectivity index (χ3v) is 5.62. The number of fused-ring (bicyclic) bond motifs is 1. The average molecular weight is 448 g/mol. The summed E-state index contributed by atoms with van der Waals surface area (Å²) in [5, 5.41) is 1.74. The molecule has 1 aliphatic rings. The number of carbonyl (C=O) groups excluding carboxylic acids is 1. The van der Waals surface area contributed by atoms with E-state index in [9.17, 15) is 4.79 Å². The third-order valence-electron chi connectivity index (χ3n) is 4.85. The van der Waals surface area contributed by atoms with Crippen LogP contribution in [0, 0.1) is 5.41 Å². The summed E-state index contributed by atoms with van der Waals surface area (Å²) in [5.41, 5.74) is 2.49. The van der Waals surface area contributed by atoms with Crippen LogP contribution in [0.5, 0.6) is 0 Å². The second-order valence-electron chi connectivity index (χ2n) is 7.55. The molecule has 1 heterocycles. The first-order valence-corrected chi connectivity index (χ1v) is 10.2. The summed E-state index contributed by atoms with van der Waals surface area (Å²) in [6, 6.07) is 5.99. The molecule has 0 fully saturated rings. The number of allylic oxidation sites excluding steroid dienone is 5. The SMILES string of the molecule is CN(C)CCC(=O)c1c(/C=C/C2(C)C=CC(Cl)=CC2)[nH]c2cc(Br)ccc12. The van der Waals surface area contributed by atoms with Crippen LogP contribution in [0.2, 0.25) is 0 Å².